The Kier molecular flexibility index (Phi) is 6.11. The number of ether oxygens (including phenoxy) is 1. The van der Waals surface area contributed by atoms with E-state index in [-0.39, 0.29) is 10.8 Å². The fourth-order valence-electron chi connectivity index (χ4n) is 3.80. The Morgan fingerprint density at radius 2 is 1.27 bits per heavy atom. The van der Waals surface area contributed by atoms with Crippen LogP contribution in [-0.2, 0) is 0 Å². The van der Waals surface area contributed by atoms with Gasteiger partial charge in [0.2, 0.25) is 5.75 Å². The molecule has 6 heteroatoms. The molecule has 0 amide bonds. The Labute approximate surface area is 188 Å². The first kappa shape index (κ1) is 22.8. The van der Waals surface area contributed by atoms with Gasteiger partial charge in [-0.3, -0.25) is 0 Å². The molecule has 0 bridgehead atoms. The first-order valence-electron chi connectivity index (χ1n) is 10.5. The first-order valence-corrected chi connectivity index (χ1v) is 10.5. The molecule has 0 saturated carbocycles. The molecule has 0 heterocycles. The molecular weight excluding hydrogens is 435 g/mol. The van der Waals surface area contributed by atoms with Crippen LogP contribution in [0, 0.1) is 11.6 Å². The summed E-state index contributed by atoms with van der Waals surface area (Å²) in [4.78, 5) is 0. The van der Waals surface area contributed by atoms with E-state index in [4.69, 9.17) is 0 Å². The smallest absolute Gasteiger partial charge is 0.399 e. The van der Waals surface area contributed by atoms with Gasteiger partial charge in [-0.15, -0.1) is 13.2 Å². The first-order chi connectivity index (χ1) is 15.7. The van der Waals surface area contributed by atoms with Crippen LogP contribution >= 0.6 is 0 Å². The summed E-state index contributed by atoms with van der Waals surface area (Å²) in [6.45, 7) is 4.34. The predicted molar refractivity (Wildman–Crippen MR) is 120 cm³/mol. The fraction of sp³-hybridized carbons (Fsp3) is 0.185. The third-order valence-corrected chi connectivity index (χ3v) is 5.85. The molecule has 0 radical (unpaired) electrons. The van der Waals surface area contributed by atoms with Crippen molar-refractivity contribution in [2.24, 2.45) is 0 Å². The molecule has 0 fully saturated rings. The highest BCUT2D eigenvalue weighted by Gasteiger charge is 2.34. The average molecular weight is 456 g/mol. The van der Waals surface area contributed by atoms with E-state index in [9.17, 15) is 22.0 Å². The maximum Gasteiger partial charge on any atom is 0.573 e. The van der Waals surface area contributed by atoms with Crippen LogP contribution in [0.2, 0.25) is 0 Å². The van der Waals surface area contributed by atoms with Crippen molar-refractivity contribution in [1.82, 2.24) is 0 Å². The summed E-state index contributed by atoms with van der Waals surface area (Å²) in [5.74, 6) is -3.75. The molecule has 1 unspecified atom stereocenters. The zero-order valence-electron chi connectivity index (χ0n) is 18.0. The Balaban J connectivity index is 1.63. The molecule has 170 valence electrons. The molecule has 0 saturated heterocycles. The maximum atomic E-state index is 14.5. The van der Waals surface area contributed by atoms with E-state index in [0.717, 1.165) is 29.2 Å². The van der Waals surface area contributed by atoms with E-state index in [1.54, 1.807) is 6.07 Å². The summed E-state index contributed by atoms with van der Waals surface area (Å²) in [5, 5.41) is -0.0147. The summed E-state index contributed by atoms with van der Waals surface area (Å²) in [6, 6.07) is 21.4. The van der Waals surface area contributed by atoms with Crippen molar-refractivity contribution in [3.8, 4) is 28.0 Å². The number of alkyl halides is 3. The second-order valence-corrected chi connectivity index (χ2v) is 7.99. The minimum Gasteiger partial charge on any atom is -0.399 e. The molecule has 4 aromatic rings. The van der Waals surface area contributed by atoms with E-state index in [1.807, 2.05) is 24.3 Å². The molecule has 1 nitrogen and oxygen atoms in total. The van der Waals surface area contributed by atoms with E-state index in [0.29, 0.717) is 11.5 Å². The van der Waals surface area contributed by atoms with Crippen LogP contribution in [0.4, 0.5) is 22.0 Å². The monoisotopic (exact) mass is 456 g/mol. The number of halogens is 5. The summed E-state index contributed by atoms with van der Waals surface area (Å²) in [6.07, 6.45) is -4.12. The average Bonchev–Trinajstić information content (AvgIpc) is 2.80. The van der Waals surface area contributed by atoms with Gasteiger partial charge in [-0.1, -0.05) is 74.5 Å². The van der Waals surface area contributed by atoms with Gasteiger partial charge in [0.05, 0.1) is 0 Å². The SMILES string of the molecule is CCC(C)c1ccc(-c2ccc(-c3ccc4c(F)c(OC(F)(F)F)c(F)cc4c3)cc2)cc1. The molecule has 1 atom stereocenters. The lowest BCUT2D eigenvalue weighted by atomic mass is 9.95. The van der Waals surface area contributed by atoms with E-state index >= 15 is 0 Å². The molecule has 0 N–H and O–H groups in total. The lowest BCUT2D eigenvalue weighted by Crippen LogP contribution is -2.19. The van der Waals surface area contributed by atoms with Crippen LogP contribution in [0.3, 0.4) is 0 Å². The van der Waals surface area contributed by atoms with Gasteiger partial charge in [-0.25, -0.2) is 8.78 Å². The largest absolute Gasteiger partial charge is 0.573 e. The zero-order valence-corrected chi connectivity index (χ0v) is 18.0. The zero-order chi connectivity index (χ0) is 23.8. The highest BCUT2D eigenvalue weighted by atomic mass is 19.4. The molecule has 0 aliphatic rings. The van der Waals surface area contributed by atoms with Crippen LogP contribution in [-0.4, -0.2) is 6.36 Å². The Bertz CT molecular complexity index is 1280. The number of benzene rings is 4. The Hall–Kier alpha value is -3.41. The fourth-order valence-corrected chi connectivity index (χ4v) is 3.80. The van der Waals surface area contributed by atoms with Crippen LogP contribution in [0.25, 0.3) is 33.0 Å². The normalized spacial score (nSPS) is 12.7. The van der Waals surface area contributed by atoms with E-state index < -0.39 is 23.7 Å². The van der Waals surface area contributed by atoms with Crippen LogP contribution < -0.4 is 4.74 Å². The Morgan fingerprint density at radius 3 is 1.82 bits per heavy atom. The maximum absolute atomic E-state index is 14.5. The van der Waals surface area contributed by atoms with E-state index in [2.05, 4.69) is 42.8 Å². The van der Waals surface area contributed by atoms with Gasteiger partial charge in [0.25, 0.3) is 0 Å². The van der Waals surface area contributed by atoms with Gasteiger partial charge in [-0.05, 0) is 57.7 Å². The van der Waals surface area contributed by atoms with Gasteiger partial charge in [0.1, 0.15) is 0 Å². The molecule has 0 aliphatic carbocycles. The van der Waals surface area contributed by atoms with Crippen molar-refractivity contribution in [2.75, 3.05) is 0 Å². The third-order valence-electron chi connectivity index (χ3n) is 5.85. The highest BCUT2D eigenvalue weighted by Crippen LogP contribution is 2.35. The summed E-state index contributed by atoms with van der Waals surface area (Å²) < 4.78 is 69.5. The summed E-state index contributed by atoms with van der Waals surface area (Å²) >= 11 is 0. The molecule has 0 spiro atoms. The lowest BCUT2D eigenvalue weighted by molar-refractivity contribution is -0.276. The van der Waals surface area contributed by atoms with Gasteiger partial charge < -0.3 is 4.74 Å². The van der Waals surface area contributed by atoms with Gasteiger partial charge in [0, 0.05) is 5.39 Å². The number of hydrogen-bond acceptors (Lipinski definition) is 1. The van der Waals surface area contributed by atoms with Gasteiger partial charge >= 0.3 is 6.36 Å². The van der Waals surface area contributed by atoms with Crippen LogP contribution in [0.1, 0.15) is 31.7 Å². The third kappa shape index (κ3) is 4.85. The van der Waals surface area contributed by atoms with Crippen molar-refractivity contribution >= 4 is 10.8 Å². The lowest BCUT2D eigenvalue weighted by Gasteiger charge is -2.13. The van der Waals surface area contributed by atoms with E-state index in [1.165, 1.54) is 17.7 Å². The van der Waals surface area contributed by atoms with Crippen LogP contribution in [0.5, 0.6) is 5.75 Å². The van der Waals surface area contributed by atoms with Gasteiger partial charge in [-0.2, -0.15) is 0 Å². The quantitative estimate of drug-likeness (QED) is 0.273. The van der Waals surface area contributed by atoms with Crippen molar-refractivity contribution < 1.29 is 26.7 Å². The second kappa shape index (κ2) is 8.85. The minimum absolute atomic E-state index is 0.140. The number of rotatable bonds is 5. The molecular formula is C27H21F5O. The molecule has 33 heavy (non-hydrogen) atoms. The molecule has 4 aromatic carbocycles. The standard InChI is InChI=1S/C27H21F5O/c1-3-16(2)17-4-6-18(7-5-17)19-8-10-20(11-9-19)21-12-13-23-22(14-21)15-24(28)26(25(23)29)33-27(30,31)32/h4-16H,3H2,1-2H3. The molecule has 0 aliphatic heterocycles. The number of hydrogen-bond donors (Lipinski definition) is 0. The predicted octanol–water partition coefficient (Wildman–Crippen LogP) is 8.86. The Morgan fingerprint density at radius 1 is 0.758 bits per heavy atom. The van der Waals surface area contributed by atoms with Crippen molar-refractivity contribution in [2.45, 2.75) is 32.5 Å². The summed E-state index contributed by atoms with van der Waals surface area (Å²) in [7, 11) is 0. The minimum atomic E-state index is -5.19. The topological polar surface area (TPSA) is 9.23 Å². The highest BCUT2D eigenvalue weighted by molar-refractivity contribution is 5.89. The van der Waals surface area contributed by atoms with Crippen molar-refractivity contribution in [3.63, 3.8) is 0 Å². The molecule has 0 aromatic heterocycles. The van der Waals surface area contributed by atoms with Crippen molar-refractivity contribution in [3.05, 3.63) is 90.0 Å². The number of fused-ring (bicyclic) bond motifs is 1. The van der Waals surface area contributed by atoms with Gasteiger partial charge in [0.15, 0.2) is 11.6 Å². The second-order valence-electron chi connectivity index (χ2n) is 7.99. The summed E-state index contributed by atoms with van der Waals surface area (Å²) in [5.41, 5.74) is 4.89. The molecule has 4 rings (SSSR count). The van der Waals surface area contributed by atoms with Crippen LogP contribution in [0.15, 0.2) is 72.8 Å². The van der Waals surface area contributed by atoms with Crippen molar-refractivity contribution in [1.29, 1.82) is 0 Å².